The van der Waals surface area contributed by atoms with E-state index in [0.29, 0.717) is 5.92 Å². The van der Waals surface area contributed by atoms with Gasteiger partial charge < -0.3 is 5.32 Å². The summed E-state index contributed by atoms with van der Waals surface area (Å²) < 4.78 is 1.96. The van der Waals surface area contributed by atoms with Gasteiger partial charge in [0.25, 0.3) is 0 Å². The van der Waals surface area contributed by atoms with Crippen LogP contribution in [0.15, 0.2) is 6.33 Å². The lowest BCUT2D eigenvalue weighted by atomic mass is 10.1. The fourth-order valence-electron chi connectivity index (χ4n) is 1.57. The molecule has 0 radical (unpaired) electrons. The summed E-state index contributed by atoms with van der Waals surface area (Å²) in [5.74, 6) is 1.80. The molecule has 1 aromatic rings. The van der Waals surface area contributed by atoms with Gasteiger partial charge in [-0.1, -0.05) is 6.92 Å². The van der Waals surface area contributed by atoms with Crippen molar-refractivity contribution >= 4 is 0 Å². The maximum Gasteiger partial charge on any atom is 0.138 e. The second kappa shape index (κ2) is 5.75. The van der Waals surface area contributed by atoms with Crippen molar-refractivity contribution in [2.45, 2.75) is 33.2 Å². The number of aryl methyl sites for hydroxylation is 2. The zero-order valence-electron chi connectivity index (χ0n) is 9.32. The van der Waals surface area contributed by atoms with E-state index in [0.717, 1.165) is 25.3 Å². The average molecular weight is 196 g/mol. The van der Waals surface area contributed by atoms with E-state index < -0.39 is 0 Å². The molecule has 14 heavy (non-hydrogen) atoms. The van der Waals surface area contributed by atoms with Gasteiger partial charge in [-0.25, -0.2) is 4.98 Å². The van der Waals surface area contributed by atoms with Crippen molar-refractivity contribution in [3.63, 3.8) is 0 Å². The Morgan fingerprint density at radius 3 is 3.00 bits per heavy atom. The molecular weight excluding hydrogens is 176 g/mol. The quantitative estimate of drug-likeness (QED) is 0.740. The Balaban J connectivity index is 2.37. The lowest BCUT2D eigenvalue weighted by molar-refractivity contribution is 0.486. The predicted octanol–water partition coefficient (Wildman–Crippen LogP) is 1.09. The van der Waals surface area contributed by atoms with E-state index in [9.17, 15) is 0 Å². The first-order chi connectivity index (χ1) is 6.77. The zero-order chi connectivity index (χ0) is 10.4. The largest absolute Gasteiger partial charge is 0.319 e. The molecule has 4 heteroatoms. The standard InChI is InChI=1S/C10H20N4/c1-4-14-10(12-8-13-14)6-5-9(2)7-11-3/h8-9,11H,4-7H2,1-3H3. The highest BCUT2D eigenvalue weighted by Crippen LogP contribution is 2.06. The van der Waals surface area contributed by atoms with Gasteiger partial charge in [-0.15, -0.1) is 0 Å². The van der Waals surface area contributed by atoms with Crippen molar-refractivity contribution in [3.05, 3.63) is 12.2 Å². The van der Waals surface area contributed by atoms with Gasteiger partial charge in [0.15, 0.2) is 0 Å². The van der Waals surface area contributed by atoms with Gasteiger partial charge in [0.1, 0.15) is 12.2 Å². The maximum absolute atomic E-state index is 4.25. The Kier molecular flexibility index (Phi) is 4.59. The smallest absolute Gasteiger partial charge is 0.138 e. The molecule has 1 rings (SSSR count). The summed E-state index contributed by atoms with van der Waals surface area (Å²) in [5.41, 5.74) is 0. The van der Waals surface area contributed by atoms with Crippen LogP contribution in [-0.2, 0) is 13.0 Å². The highest BCUT2D eigenvalue weighted by molar-refractivity contribution is 4.84. The lowest BCUT2D eigenvalue weighted by Gasteiger charge is -2.09. The molecule has 0 aromatic carbocycles. The number of aromatic nitrogens is 3. The molecule has 1 heterocycles. The zero-order valence-corrected chi connectivity index (χ0v) is 9.32. The summed E-state index contributed by atoms with van der Waals surface area (Å²) in [6.45, 7) is 6.33. The average Bonchev–Trinajstić information content (AvgIpc) is 2.62. The van der Waals surface area contributed by atoms with Crippen LogP contribution in [0.4, 0.5) is 0 Å². The summed E-state index contributed by atoms with van der Waals surface area (Å²) in [4.78, 5) is 4.25. The Morgan fingerprint density at radius 1 is 1.57 bits per heavy atom. The van der Waals surface area contributed by atoms with Crippen molar-refractivity contribution in [2.75, 3.05) is 13.6 Å². The molecule has 0 spiro atoms. The maximum atomic E-state index is 4.25. The van der Waals surface area contributed by atoms with Crippen LogP contribution in [0.2, 0.25) is 0 Å². The SMILES string of the molecule is CCn1ncnc1CCC(C)CNC. The van der Waals surface area contributed by atoms with Gasteiger partial charge >= 0.3 is 0 Å². The molecular formula is C10H20N4. The molecule has 80 valence electrons. The number of hydrogen-bond donors (Lipinski definition) is 1. The Morgan fingerprint density at radius 2 is 2.36 bits per heavy atom. The monoisotopic (exact) mass is 196 g/mol. The van der Waals surface area contributed by atoms with Crippen molar-refractivity contribution in [3.8, 4) is 0 Å². The third-order valence-electron chi connectivity index (χ3n) is 2.41. The Labute approximate surface area is 85.7 Å². The minimum absolute atomic E-state index is 0.696. The fourth-order valence-corrected chi connectivity index (χ4v) is 1.57. The van der Waals surface area contributed by atoms with Gasteiger partial charge in [0.2, 0.25) is 0 Å². The normalized spacial score (nSPS) is 13.1. The van der Waals surface area contributed by atoms with E-state index in [2.05, 4.69) is 29.2 Å². The molecule has 1 unspecified atom stereocenters. The summed E-state index contributed by atoms with van der Waals surface area (Å²) in [7, 11) is 1.99. The van der Waals surface area contributed by atoms with E-state index in [1.165, 1.54) is 6.42 Å². The number of nitrogens with one attached hydrogen (secondary N) is 1. The number of hydrogen-bond acceptors (Lipinski definition) is 3. The van der Waals surface area contributed by atoms with Crippen molar-refractivity contribution < 1.29 is 0 Å². The second-order valence-corrected chi connectivity index (χ2v) is 3.69. The molecule has 1 atom stereocenters. The van der Waals surface area contributed by atoms with Crippen LogP contribution < -0.4 is 5.32 Å². The van der Waals surface area contributed by atoms with Gasteiger partial charge in [0, 0.05) is 13.0 Å². The highest BCUT2D eigenvalue weighted by atomic mass is 15.3. The molecule has 0 saturated heterocycles. The molecule has 0 fully saturated rings. The second-order valence-electron chi connectivity index (χ2n) is 3.69. The topological polar surface area (TPSA) is 42.7 Å². The summed E-state index contributed by atoms with van der Waals surface area (Å²) in [5, 5.41) is 7.33. The van der Waals surface area contributed by atoms with E-state index >= 15 is 0 Å². The molecule has 0 saturated carbocycles. The third-order valence-corrected chi connectivity index (χ3v) is 2.41. The van der Waals surface area contributed by atoms with E-state index in [4.69, 9.17) is 0 Å². The van der Waals surface area contributed by atoms with Crippen molar-refractivity contribution in [1.82, 2.24) is 20.1 Å². The van der Waals surface area contributed by atoms with Gasteiger partial charge in [0.05, 0.1) is 0 Å². The molecule has 1 N–H and O–H groups in total. The Hall–Kier alpha value is -0.900. The first-order valence-electron chi connectivity index (χ1n) is 5.29. The number of nitrogens with zero attached hydrogens (tertiary/aromatic N) is 3. The van der Waals surface area contributed by atoms with Crippen LogP contribution in [-0.4, -0.2) is 28.4 Å². The van der Waals surface area contributed by atoms with Crippen LogP contribution in [0.1, 0.15) is 26.1 Å². The van der Waals surface area contributed by atoms with Crippen LogP contribution in [0, 0.1) is 5.92 Å². The molecule has 0 amide bonds. The van der Waals surface area contributed by atoms with Gasteiger partial charge in [-0.2, -0.15) is 5.10 Å². The minimum atomic E-state index is 0.696. The third kappa shape index (κ3) is 3.10. The fraction of sp³-hybridized carbons (Fsp3) is 0.800. The minimum Gasteiger partial charge on any atom is -0.319 e. The molecule has 0 aliphatic carbocycles. The first kappa shape index (κ1) is 11.2. The van der Waals surface area contributed by atoms with Crippen molar-refractivity contribution in [1.29, 1.82) is 0 Å². The summed E-state index contributed by atoms with van der Waals surface area (Å²) >= 11 is 0. The molecule has 1 aromatic heterocycles. The van der Waals surface area contributed by atoms with Gasteiger partial charge in [-0.05, 0) is 32.9 Å². The van der Waals surface area contributed by atoms with E-state index in [-0.39, 0.29) is 0 Å². The first-order valence-corrected chi connectivity index (χ1v) is 5.29. The van der Waals surface area contributed by atoms with Crippen LogP contribution >= 0.6 is 0 Å². The van der Waals surface area contributed by atoms with Crippen molar-refractivity contribution in [2.24, 2.45) is 5.92 Å². The van der Waals surface area contributed by atoms with E-state index in [1.807, 2.05) is 11.7 Å². The van der Waals surface area contributed by atoms with Crippen LogP contribution in [0.3, 0.4) is 0 Å². The van der Waals surface area contributed by atoms with Crippen LogP contribution in [0.25, 0.3) is 0 Å². The molecule has 4 nitrogen and oxygen atoms in total. The Bertz CT molecular complexity index is 256. The van der Waals surface area contributed by atoms with E-state index in [1.54, 1.807) is 6.33 Å². The molecule has 0 aliphatic heterocycles. The van der Waals surface area contributed by atoms with Gasteiger partial charge in [-0.3, -0.25) is 4.68 Å². The predicted molar refractivity (Wildman–Crippen MR) is 57.1 cm³/mol. The summed E-state index contributed by atoms with van der Waals surface area (Å²) in [6, 6.07) is 0. The molecule has 0 aliphatic rings. The lowest BCUT2D eigenvalue weighted by Crippen LogP contribution is -2.17. The summed E-state index contributed by atoms with van der Waals surface area (Å²) in [6.07, 6.45) is 3.83. The number of rotatable bonds is 6. The highest BCUT2D eigenvalue weighted by Gasteiger charge is 2.05. The van der Waals surface area contributed by atoms with Crippen LogP contribution in [0.5, 0.6) is 0 Å². The molecule has 0 bridgehead atoms.